The molecule has 2 rings (SSSR count). The Balaban J connectivity index is 1.63. The van der Waals surface area contributed by atoms with Gasteiger partial charge in [-0.2, -0.15) is 0 Å². The molecule has 0 spiro atoms. The number of unbranched alkanes of at least 4 members (excludes halogenated alkanes) is 1. The molecule has 0 aromatic rings. The molecule has 1 aliphatic carbocycles. The number of rotatable bonds is 11. The fourth-order valence-corrected chi connectivity index (χ4v) is 4.02. The maximum atomic E-state index is 5.29. The molecule has 0 aromatic heterocycles. The Labute approximate surface area is 161 Å². The molecular weight excluding hydrogens is 324 g/mol. The summed E-state index contributed by atoms with van der Waals surface area (Å²) >= 11 is 0. The third-order valence-electron chi connectivity index (χ3n) is 6.24. The summed E-state index contributed by atoms with van der Waals surface area (Å²) < 4.78 is 5.29. The maximum Gasteiger partial charge on any atom is 0.191 e. The van der Waals surface area contributed by atoms with Gasteiger partial charge in [-0.15, -0.1) is 0 Å². The number of hydrogen-bond donors (Lipinski definition) is 2. The molecule has 5 nitrogen and oxygen atoms in total. The third-order valence-corrected chi connectivity index (χ3v) is 6.24. The average molecular weight is 367 g/mol. The van der Waals surface area contributed by atoms with Crippen LogP contribution in [0.2, 0.25) is 0 Å². The van der Waals surface area contributed by atoms with Crippen LogP contribution in [0.15, 0.2) is 4.99 Å². The van der Waals surface area contributed by atoms with Gasteiger partial charge in [-0.1, -0.05) is 13.3 Å². The van der Waals surface area contributed by atoms with Gasteiger partial charge in [-0.05, 0) is 82.8 Å². The van der Waals surface area contributed by atoms with Gasteiger partial charge in [0, 0.05) is 33.4 Å². The summed E-state index contributed by atoms with van der Waals surface area (Å²) in [6.45, 7) is 12.1. The fraction of sp³-hybridized carbons (Fsp3) is 0.952. The highest BCUT2D eigenvalue weighted by atomic mass is 16.5. The van der Waals surface area contributed by atoms with Gasteiger partial charge in [0.25, 0.3) is 0 Å². The summed E-state index contributed by atoms with van der Waals surface area (Å²) in [5, 5.41) is 6.93. The molecule has 1 saturated heterocycles. The third kappa shape index (κ3) is 7.43. The lowest BCUT2D eigenvalue weighted by atomic mass is 9.67. The summed E-state index contributed by atoms with van der Waals surface area (Å²) in [6, 6.07) is 0. The fourth-order valence-electron chi connectivity index (χ4n) is 4.02. The first-order chi connectivity index (χ1) is 12.7. The highest BCUT2D eigenvalue weighted by Crippen LogP contribution is 2.44. The number of methoxy groups -OCH3 is 1. The zero-order valence-electron chi connectivity index (χ0n) is 17.5. The number of aliphatic imine (C=N–C) groups is 1. The van der Waals surface area contributed by atoms with Gasteiger partial charge in [0.05, 0.1) is 0 Å². The van der Waals surface area contributed by atoms with E-state index in [2.05, 4.69) is 29.4 Å². The molecule has 0 amide bonds. The summed E-state index contributed by atoms with van der Waals surface area (Å²) in [5.74, 6) is 1.91. The lowest BCUT2D eigenvalue weighted by molar-refractivity contribution is 0.0778. The van der Waals surface area contributed by atoms with Crippen molar-refractivity contribution in [2.24, 2.45) is 16.3 Å². The molecule has 152 valence electrons. The average Bonchev–Trinajstić information content (AvgIpc) is 2.61. The van der Waals surface area contributed by atoms with Crippen molar-refractivity contribution in [3.63, 3.8) is 0 Å². The van der Waals surface area contributed by atoms with Crippen LogP contribution in [0, 0.1) is 11.3 Å². The van der Waals surface area contributed by atoms with Crippen LogP contribution in [0.5, 0.6) is 0 Å². The monoisotopic (exact) mass is 366 g/mol. The van der Waals surface area contributed by atoms with Crippen LogP contribution in [0.3, 0.4) is 0 Å². The Morgan fingerprint density at radius 3 is 2.58 bits per heavy atom. The SMILES string of the molecule is CCNC(=NCC1(CCOC)CCC1)NCCCCN1CCC(C)CC1. The molecule has 5 heteroatoms. The molecule has 0 bridgehead atoms. The van der Waals surface area contributed by atoms with Gasteiger partial charge in [0.1, 0.15) is 0 Å². The highest BCUT2D eigenvalue weighted by molar-refractivity contribution is 5.79. The van der Waals surface area contributed by atoms with Gasteiger partial charge < -0.3 is 20.3 Å². The second-order valence-corrected chi connectivity index (χ2v) is 8.45. The molecule has 2 fully saturated rings. The largest absolute Gasteiger partial charge is 0.385 e. The van der Waals surface area contributed by atoms with E-state index in [-0.39, 0.29) is 0 Å². The number of nitrogens with zero attached hydrogens (tertiary/aromatic N) is 2. The van der Waals surface area contributed by atoms with Crippen molar-refractivity contribution in [3.05, 3.63) is 0 Å². The normalized spacial score (nSPS) is 21.4. The van der Waals surface area contributed by atoms with E-state index in [0.717, 1.165) is 44.5 Å². The standard InChI is InChI=1S/C21H42N4O/c1-4-22-20(24-18-21(10-7-11-21)12-17-26-3)23-13-5-6-14-25-15-8-19(2)9-16-25/h19H,4-18H2,1-3H3,(H2,22,23,24). The number of likely N-dealkylation sites (tertiary alicyclic amines) is 1. The molecule has 0 atom stereocenters. The molecule has 1 aliphatic heterocycles. The van der Waals surface area contributed by atoms with E-state index in [1.807, 2.05) is 0 Å². The van der Waals surface area contributed by atoms with E-state index >= 15 is 0 Å². The Kier molecular flexibility index (Phi) is 9.76. The van der Waals surface area contributed by atoms with Gasteiger partial charge in [0.2, 0.25) is 0 Å². The van der Waals surface area contributed by atoms with Crippen LogP contribution < -0.4 is 10.6 Å². The topological polar surface area (TPSA) is 48.9 Å². The van der Waals surface area contributed by atoms with E-state index in [0.29, 0.717) is 5.41 Å². The molecule has 0 radical (unpaired) electrons. The Bertz CT molecular complexity index is 401. The number of hydrogen-bond acceptors (Lipinski definition) is 3. The van der Waals surface area contributed by atoms with E-state index in [1.54, 1.807) is 7.11 Å². The van der Waals surface area contributed by atoms with Crippen LogP contribution in [0.4, 0.5) is 0 Å². The van der Waals surface area contributed by atoms with Crippen LogP contribution in [-0.2, 0) is 4.74 Å². The first kappa shape index (κ1) is 21.5. The lowest BCUT2D eigenvalue weighted by Crippen LogP contribution is -2.40. The van der Waals surface area contributed by atoms with E-state index in [9.17, 15) is 0 Å². The molecule has 2 aliphatic rings. The van der Waals surface area contributed by atoms with Gasteiger partial charge in [0.15, 0.2) is 5.96 Å². The summed E-state index contributed by atoms with van der Waals surface area (Å²) in [6.07, 6.45) is 10.3. The minimum Gasteiger partial charge on any atom is -0.385 e. The molecule has 0 aromatic carbocycles. The Morgan fingerprint density at radius 2 is 1.96 bits per heavy atom. The number of nitrogens with one attached hydrogen (secondary N) is 2. The van der Waals surface area contributed by atoms with Crippen molar-refractivity contribution >= 4 is 5.96 Å². The lowest BCUT2D eigenvalue weighted by Gasteiger charge is -2.40. The minimum absolute atomic E-state index is 0.393. The van der Waals surface area contributed by atoms with Crippen molar-refractivity contribution < 1.29 is 4.74 Å². The number of ether oxygens (including phenoxy) is 1. The van der Waals surface area contributed by atoms with Crippen molar-refractivity contribution in [3.8, 4) is 0 Å². The smallest absolute Gasteiger partial charge is 0.191 e. The van der Waals surface area contributed by atoms with Crippen molar-refractivity contribution in [1.29, 1.82) is 0 Å². The van der Waals surface area contributed by atoms with Crippen molar-refractivity contribution in [2.75, 3.05) is 53.0 Å². The first-order valence-electron chi connectivity index (χ1n) is 10.9. The predicted octanol–water partition coefficient (Wildman–Crippen LogP) is 3.26. The second kappa shape index (κ2) is 11.8. The summed E-state index contributed by atoms with van der Waals surface area (Å²) in [4.78, 5) is 7.52. The molecule has 2 N–H and O–H groups in total. The maximum absolute atomic E-state index is 5.29. The van der Waals surface area contributed by atoms with Crippen molar-refractivity contribution in [2.45, 2.75) is 65.2 Å². The molecule has 26 heavy (non-hydrogen) atoms. The highest BCUT2D eigenvalue weighted by Gasteiger charge is 2.36. The van der Waals surface area contributed by atoms with Crippen LogP contribution in [0.1, 0.15) is 65.2 Å². The van der Waals surface area contributed by atoms with Gasteiger partial charge in [-0.3, -0.25) is 4.99 Å². The van der Waals surface area contributed by atoms with Crippen molar-refractivity contribution in [1.82, 2.24) is 15.5 Å². The second-order valence-electron chi connectivity index (χ2n) is 8.45. The molecule has 1 saturated carbocycles. The molecular formula is C21H42N4O. The molecule has 1 heterocycles. The van der Waals surface area contributed by atoms with E-state index < -0.39 is 0 Å². The number of guanidine groups is 1. The van der Waals surface area contributed by atoms with Crippen LogP contribution in [0.25, 0.3) is 0 Å². The zero-order chi connectivity index (χ0) is 18.7. The molecule has 0 unspecified atom stereocenters. The van der Waals surface area contributed by atoms with Crippen LogP contribution in [-0.4, -0.2) is 63.8 Å². The summed E-state index contributed by atoms with van der Waals surface area (Å²) in [7, 11) is 1.80. The summed E-state index contributed by atoms with van der Waals surface area (Å²) in [5.41, 5.74) is 0.393. The minimum atomic E-state index is 0.393. The van der Waals surface area contributed by atoms with E-state index in [1.165, 1.54) is 64.6 Å². The number of piperidine rings is 1. The zero-order valence-corrected chi connectivity index (χ0v) is 17.5. The Morgan fingerprint density at radius 1 is 1.19 bits per heavy atom. The Hall–Kier alpha value is -0.810. The predicted molar refractivity (Wildman–Crippen MR) is 111 cm³/mol. The van der Waals surface area contributed by atoms with Crippen LogP contribution >= 0.6 is 0 Å². The van der Waals surface area contributed by atoms with E-state index in [4.69, 9.17) is 9.73 Å². The van der Waals surface area contributed by atoms with Gasteiger partial charge in [-0.25, -0.2) is 0 Å². The quantitative estimate of drug-likeness (QED) is 0.335. The first-order valence-corrected chi connectivity index (χ1v) is 10.9. The van der Waals surface area contributed by atoms with Gasteiger partial charge >= 0.3 is 0 Å².